The summed E-state index contributed by atoms with van der Waals surface area (Å²) in [4.78, 5) is 6.90. The number of hydrogen-bond donors (Lipinski definition) is 1. The van der Waals surface area contributed by atoms with Gasteiger partial charge in [-0.05, 0) is 24.7 Å². The van der Waals surface area contributed by atoms with Gasteiger partial charge in [-0.25, -0.2) is 0 Å². The Labute approximate surface area is 114 Å². The molecule has 106 valence electrons. The second-order valence-corrected chi connectivity index (χ2v) is 6.42. The molecule has 1 saturated carbocycles. The smallest absolute Gasteiger partial charge is 0.229 e. The summed E-state index contributed by atoms with van der Waals surface area (Å²) in [6.45, 7) is 7.18. The number of aromatic nitrogens is 2. The first-order chi connectivity index (χ1) is 9.13. The Kier molecular flexibility index (Phi) is 3.58. The van der Waals surface area contributed by atoms with E-state index in [9.17, 15) is 0 Å². The molecule has 3 rings (SSSR count). The number of rotatable bonds is 3. The summed E-state index contributed by atoms with van der Waals surface area (Å²) in [5.41, 5.74) is 6.24. The first kappa shape index (κ1) is 13.1. The molecule has 0 spiro atoms. The quantitative estimate of drug-likeness (QED) is 0.901. The average molecular weight is 264 g/mol. The topological polar surface area (TPSA) is 68.2 Å². The van der Waals surface area contributed by atoms with Gasteiger partial charge < -0.3 is 10.3 Å². The zero-order valence-corrected chi connectivity index (χ0v) is 11.9. The average Bonchev–Trinajstić information content (AvgIpc) is 2.96. The number of fused-ring (bicyclic) bond motifs is 1. The summed E-state index contributed by atoms with van der Waals surface area (Å²) in [5, 5.41) is 4.08. The van der Waals surface area contributed by atoms with Crippen LogP contribution in [0.25, 0.3) is 0 Å². The van der Waals surface area contributed by atoms with Gasteiger partial charge in [0.05, 0.1) is 6.54 Å². The molecule has 2 aliphatic rings. The molecule has 19 heavy (non-hydrogen) atoms. The maximum Gasteiger partial charge on any atom is 0.229 e. The van der Waals surface area contributed by atoms with Crippen LogP contribution in [0, 0.1) is 11.8 Å². The van der Waals surface area contributed by atoms with Crippen LogP contribution >= 0.6 is 0 Å². The maximum absolute atomic E-state index is 6.24. The lowest BCUT2D eigenvalue weighted by Gasteiger charge is -2.29. The van der Waals surface area contributed by atoms with Gasteiger partial charge >= 0.3 is 0 Å². The van der Waals surface area contributed by atoms with E-state index in [0.29, 0.717) is 17.9 Å². The van der Waals surface area contributed by atoms with E-state index in [0.717, 1.165) is 37.3 Å². The minimum atomic E-state index is 0.302. The standard InChI is InChI=1S/C14H24N4O/c1-9(2)14-16-13(17-19-14)8-18-6-10-4-3-5-12(15)11(10)7-18/h9-12H,3-8,15H2,1-2H3. The van der Waals surface area contributed by atoms with Crippen molar-refractivity contribution in [1.29, 1.82) is 0 Å². The van der Waals surface area contributed by atoms with Crippen molar-refractivity contribution in [3.05, 3.63) is 11.7 Å². The fraction of sp³-hybridized carbons (Fsp3) is 0.857. The van der Waals surface area contributed by atoms with Crippen LogP contribution in [0.2, 0.25) is 0 Å². The highest BCUT2D eigenvalue weighted by Crippen LogP contribution is 2.35. The molecule has 3 unspecified atom stereocenters. The molecule has 1 aliphatic carbocycles. The molecule has 5 nitrogen and oxygen atoms in total. The molecule has 2 N–H and O–H groups in total. The lowest BCUT2D eigenvalue weighted by atomic mass is 9.78. The zero-order chi connectivity index (χ0) is 13.4. The van der Waals surface area contributed by atoms with Gasteiger partial charge in [0, 0.05) is 25.0 Å². The molecular formula is C14H24N4O. The fourth-order valence-corrected chi connectivity index (χ4v) is 3.50. The summed E-state index contributed by atoms with van der Waals surface area (Å²) in [6.07, 6.45) is 3.81. The van der Waals surface area contributed by atoms with Crippen molar-refractivity contribution in [3.63, 3.8) is 0 Å². The van der Waals surface area contributed by atoms with Crippen LogP contribution < -0.4 is 5.73 Å². The van der Waals surface area contributed by atoms with Gasteiger partial charge in [0.2, 0.25) is 5.89 Å². The van der Waals surface area contributed by atoms with Crippen molar-refractivity contribution < 1.29 is 4.52 Å². The van der Waals surface area contributed by atoms with E-state index < -0.39 is 0 Å². The number of nitrogens with zero attached hydrogens (tertiary/aromatic N) is 3. The number of hydrogen-bond acceptors (Lipinski definition) is 5. The van der Waals surface area contributed by atoms with Crippen molar-refractivity contribution in [3.8, 4) is 0 Å². The highest BCUT2D eigenvalue weighted by Gasteiger charge is 2.38. The van der Waals surface area contributed by atoms with Crippen LogP contribution in [0.1, 0.15) is 50.7 Å². The lowest BCUT2D eigenvalue weighted by Crippen LogP contribution is -2.38. The van der Waals surface area contributed by atoms with Gasteiger partial charge in [0.25, 0.3) is 0 Å². The van der Waals surface area contributed by atoms with E-state index in [2.05, 4.69) is 28.9 Å². The van der Waals surface area contributed by atoms with Gasteiger partial charge in [0.1, 0.15) is 0 Å². The molecule has 5 heteroatoms. The highest BCUT2D eigenvalue weighted by atomic mass is 16.5. The third-order valence-corrected chi connectivity index (χ3v) is 4.57. The minimum absolute atomic E-state index is 0.302. The second-order valence-electron chi connectivity index (χ2n) is 6.42. The molecule has 0 aromatic carbocycles. The van der Waals surface area contributed by atoms with Gasteiger partial charge in [-0.15, -0.1) is 0 Å². The van der Waals surface area contributed by atoms with E-state index in [-0.39, 0.29) is 0 Å². The van der Waals surface area contributed by atoms with E-state index >= 15 is 0 Å². The van der Waals surface area contributed by atoms with Crippen molar-refractivity contribution in [2.45, 2.75) is 51.6 Å². The lowest BCUT2D eigenvalue weighted by molar-refractivity contribution is 0.258. The predicted octanol–water partition coefficient (Wildman–Crippen LogP) is 1.75. The molecular weight excluding hydrogens is 240 g/mol. The predicted molar refractivity (Wildman–Crippen MR) is 72.5 cm³/mol. The van der Waals surface area contributed by atoms with Gasteiger partial charge in [0.15, 0.2) is 5.82 Å². The summed E-state index contributed by atoms with van der Waals surface area (Å²) in [6, 6.07) is 0.389. The summed E-state index contributed by atoms with van der Waals surface area (Å²) < 4.78 is 5.26. The molecule has 0 amide bonds. The van der Waals surface area contributed by atoms with Gasteiger partial charge in [-0.3, -0.25) is 4.90 Å². The Morgan fingerprint density at radius 1 is 1.37 bits per heavy atom. The Morgan fingerprint density at radius 2 is 2.21 bits per heavy atom. The Morgan fingerprint density at radius 3 is 2.89 bits per heavy atom. The normalized spacial score (nSPS) is 31.9. The van der Waals surface area contributed by atoms with Crippen LogP contribution in [-0.4, -0.2) is 34.2 Å². The molecule has 1 aromatic rings. The van der Waals surface area contributed by atoms with Crippen LogP contribution in [-0.2, 0) is 6.54 Å². The molecule has 1 aliphatic heterocycles. The Bertz CT molecular complexity index is 431. The highest BCUT2D eigenvalue weighted by molar-refractivity contribution is 4.96. The van der Waals surface area contributed by atoms with Crippen LogP contribution in [0.5, 0.6) is 0 Å². The SMILES string of the molecule is CC(C)c1nc(CN2CC3CCCC(N)C3C2)no1. The number of nitrogens with two attached hydrogens (primary N) is 1. The van der Waals surface area contributed by atoms with E-state index in [1.54, 1.807) is 0 Å². The van der Waals surface area contributed by atoms with E-state index in [1.165, 1.54) is 19.3 Å². The Balaban J connectivity index is 1.61. The number of likely N-dealkylation sites (tertiary alicyclic amines) is 1. The van der Waals surface area contributed by atoms with E-state index in [4.69, 9.17) is 10.3 Å². The van der Waals surface area contributed by atoms with Gasteiger partial charge in [-0.2, -0.15) is 4.98 Å². The summed E-state index contributed by atoms with van der Waals surface area (Å²) in [5.74, 6) is 3.31. The third kappa shape index (κ3) is 2.67. The monoisotopic (exact) mass is 264 g/mol. The molecule has 0 bridgehead atoms. The van der Waals surface area contributed by atoms with Crippen LogP contribution in [0.3, 0.4) is 0 Å². The second kappa shape index (κ2) is 5.21. The van der Waals surface area contributed by atoms with Crippen LogP contribution in [0.4, 0.5) is 0 Å². The molecule has 1 aromatic heterocycles. The summed E-state index contributed by atoms with van der Waals surface area (Å²) in [7, 11) is 0. The molecule has 1 saturated heterocycles. The Hall–Kier alpha value is -0.940. The first-order valence-corrected chi connectivity index (χ1v) is 7.44. The van der Waals surface area contributed by atoms with Crippen LogP contribution in [0.15, 0.2) is 4.52 Å². The molecule has 2 heterocycles. The maximum atomic E-state index is 6.24. The third-order valence-electron chi connectivity index (χ3n) is 4.57. The largest absolute Gasteiger partial charge is 0.339 e. The summed E-state index contributed by atoms with van der Waals surface area (Å²) >= 11 is 0. The fourth-order valence-electron chi connectivity index (χ4n) is 3.50. The molecule has 2 fully saturated rings. The first-order valence-electron chi connectivity index (χ1n) is 7.44. The van der Waals surface area contributed by atoms with E-state index in [1.807, 2.05) is 0 Å². The van der Waals surface area contributed by atoms with Crippen molar-refractivity contribution in [2.75, 3.05) is 13.1 Å². The van der Waals surface area contributed by atoms with Crippen molar-refractivity contribution in [2.24, 2.45) is 17.6 Å². The van der Waals surface area contributed by atoms with Crippen molar-refractivity contribution in [1.82, 2.24) is 15.0 Å². The van der Waals surface area contributed by atoms with Crippen molar-refractivity contribution >= 4 is 0 Å². The molecule has 0 radical (unpaired) electrons. The zero-order valence-electron chi connectivity index (χ0n) is 11.9. The molecule has 3 atom stereocenters. The minimum Gasteiger partial charge on any atom is -0.339 e. The van der Waals surface area contributed by atoms with Gasteiger partial charge in [-0.1, -0.05) is 25.4 Å².